The molecule has 4 atom stereocenters. The molecule has 0 radical (unpaired) electrons. The highest BCUT2D eigenvalue weighted by molar-refractivity contribution is 4.94. The number of nitro groups is 1. The number of nitrogens with zero attached hydrogens (tertiary/aromatic N) is 2. The molecular formula is C9H16N2O3. The molecule has 0 aliphatic carbocycles. The summed E-state index contributed by atoms with van der Waals surface area (Å²) in [4.78, 5) is 12.9. The van der Waals surface area contributed by atoms with Crippen LogP contribution in [0.5, 0.6) is 0 Å². The molecule has 0 amide bonds. The third-order valence-corrected chi connectivity index (χ3v) is 3.56. The second-order valence-corrected chi connectivity index (χ2v) is 4.41. The van der Waals surface area contributed by atoms with Crippen molar-refractivity contribution < 1.29 is 9.66 Å². The Kier molecular flexibility index (Phi) is 2.45. The highest BCUT2D eigenvalue weighted by Gasteiger charge is 2.48. The molecule has 0 aromatic heterocycles. The molecule has 80 valence electrons. The van der Waals surface area contributed by atoms with E-state index in [4.69, 9.17) is 4.74 Å². The molecule has 2 aliphatic rings. The van der Waals surface area contributed by atoms with Crippen molar-refractivity contribution in [3.8, 4) is 0 Å². The molecule has 0 aromatic carbocycles. The van der Waals surface area contributed by atoms with Gasteiger partial charge in [-0.3, -0.25) is 15.0 Å². The average molecular weight is 200 g/mol. The van der Waals surface area contributed by atoms with Crippen molar-refractivity contribution in [3.05, 3.63) is 10.1 Å². The molecule has 2 saturated heterocycles. The summed E-state index contributed by atoms with van der Waals surface area (Å²) in [7, 11) is 1.97. The predicted octanol–water partition coefficient (Wildman–Crippen LogP) is 0.371. The van der Waals surface area contributed by atoms with Gasteiger partial charge < -0.3 is 4.74 Å². The molecule has 5 heteroatoms. The Morgan fingerprint density at radius 2 is 2.21 bits per heavy atom. The minimum absolute atomic E-state index is 0.0347. The Morgan fingerprint density at radius 3 is 2.86 bits per heavy atom. The quantitative estimate of drug-likeness (QED) is 0.453. The lowest BCUT2D eigenvalue weighted by atomic mass is 9.82. The molecule has 0 N–H and O–H groups in total. The van der Waals surface area contributed by atoms with Crippen molar-refractivity contribution >= 4 is 0 Å². The molecule has 2 rings (SSSR count). The van der Waals surface area contributed by atoms with Crippen molar-refractivity contribution in [1.82, 2.24) is 4.90 Å². The summed E-state index contributed by atoms with van der Waals surface area (Å²) in [6, 6.07) is -0.121. The zero-order valence-electron chi connectivity index (χ0n) is 8.55. The normalized spacial score (nSPS) is 43.6. The van der Waals surface area contributed by atoms with Crippen LogP contribution in [-0.2, 0) is 4.74 Å². The fourth-order valence-electron chi connectivity index (χ4n) is 2.70. The van der Waals surface area contributed by atoms with Crippen LogP contribution in [0.15, 0.2) is 0 Å². The summed E-state index contributed by atoms with van der Waals surface area (Å²) in [6.07, 6.45) is 0.874. The molecule has 4 unspecified atom stereocenters. The lowest BCUT2D eigenvalue weighted by molar-refractivity contribution is -0.546. The van der Waals surface area contributed by atoms with Crippen LogP contribution >= 0.6 is 0 Å². The number of likely N-dealkylation sites (N-methyl/N-ethyl adjacent to an activating group) is 1. The number of hydrogen-bond donors (Lipinski definition) is 0. The monoisotopic (exact) mass is 200 g/mol. The summed E-state index contributed by atoms with van der Waals surface area (Å²) < 4.78 is 5.39. The summed E-state index contributed by atoms with van der Waals surface area (Å²) in [6.45, 7) is 3.20. The standard InChI is InChI=1S/C9H16N2O3/c1-6-3-7-4-14-5-8(10(7)2)9(6)11(12)13/h6-9H,3-5H2,1-2H3. The maximum absolute atomic E-state index is 10.9. The molecule has 2 fully saturated rings. The minimum atomic E-state index is -0.462. The fourth-order valence-corrected chi connectivity index (χ4v) is 2.70. The number of ether oxygens (including phenoxy) is 1. The first kappa shape index (κ1) is 9.86. The Hall–Kier alpha value is -0.680. The van der Waals surface area contributed by atoms with Crippen LogP contribution in [0.2, 0.25) is 0 Å². The van der Waals surface area contributed by atoms with E-state index in [2.05, 4.69) is 4.90 Å². The van der Waals surface area contributed by atoms with Gasteiger partial charge in [-0.15, -0.1) is 0 Å². The van der Waals surface area contributed by atoms with Gasteiger partial charge in [-0.2, -0.15) is 0 Å². The van der Waals surface area contributed by atoms with Gasteiger partial charge in [-0.05, 0) is 13.5 Å². The Bertz CT molecular complexity index is 246. The first-order valence-corrected chi connectivity index (χ1v) is 5.04. The van der Waals surface area contributed by atoms with E-state index in [0.29, 0.717) is 12.6 Å². The zero-order valence-corrected chi connectivity index (χ0v) is 8.55. The molecule has 0 aromatic rings. The maximum atomic E-state index is 10.9. The van der Waals surface area contributed by atoms with E-state index in [0.717, 1.165) is 13.0 Å². The topological polar surface area (TPSA) is 55.6 Å². The number of hydrogen-bond acceptors (Lipinski definition) is 4. The molecule has 2 heterocycles. The van der Waals surface area contributed by atoms with E-state index in [-0.39, 0.29) is 16.9 Å². The van der Waals surface area contributed by atoms with E-state index < -0.39 is 6.04 Å². The Balaban J connectivity index is 2.21. The van der Waals surface area contributed by atoms with E-state index in [1.165, 1.54) is 0 Å². The van der Waals surface area contributed by atoms with Crippen LogP contribution in [0.25, 0.3) is 0 Å². The smallest absolute Gasteiger partial charge is 0.233 e. The van der Waals surface area contributed by atoms with Crippen molar-refractivity contribution in [1.29, 1.82) is 0 Å². The number of piperidine rings is 1. The number of fused-ring (bicyclic) bond motifs is 2. The van der Waals surface area contributed by atoms with Crippen LogP contribution in [0, 0.1) is 16.0 Å². The van der Waals surface area contributed by atoms with E-state index in [9.17, 15) is 10.1 Å². The SMILES string of the molecule is CC1CC2COCC(C1[N+](=O)[O-])N2C. The fraction of sp³-hybridized carbons (Fsp3) is 1.00. The van der Waals surface area contributed by atoms with Crippen LogP contribution in [0.3, 0.4) is 0 Å². The van der Waals surface area contributed by atoms with Gasteiger partial charge >= 0.3 is 0 Å². The van der Waals surface area contributed by atoms with Gasteiger partial charge in [-0.1, -0.05) is 6.92 Å². The second kappa shape index (κ2) is 3.47. The largest absolute Gasteiger partial charge is 0.378 e. The van der Waals surface area contributed by atoms with E-state index in [1.54, 1.807) is 0 Å². The van der Waals surface area contributed by atoms with Gasteiger partial charge in [0.25, 0.3) is 0 Å². The lowest BCUT2D eigenvalue weighted by Gasteiger charge is -2.46. The van der Waals surface area contributed by atoms with Crippen LogP contribution < -0.4 is 0 Å². The summed E-state index contributed by atoms with van der Waals surface area (Å²) in [5.41, 5.74) is 0. The van der Waals surface area contributed by atoms with Gasteiger partial charge in [0.1, 0.15) is 6.04 Å². The van der Waals surface area contributed by atoms with E-state index in [1.807, 2.05) is 14.0 Å². The second-order valence-electron chi connectivity index (χ2n) is 4.41. The van der Waals surface area contributed by atoms with Crippen LogP contribution in [-0.4, -0.2) is 48.2 Å². The third kappa shape index (κ3) is 1.40. The number of rotatable bonds is 1. The number of morpholine rings is 1. The lowest BCUT2D eigenvalue weighted by Crippen LogP contribution is -2.63. The van der Waals surface area contributed by atoms with Crippen LogP contribution in [0.4, 0.5) is 0 Å². The van der Waals surface area contributed by atoms with Crippen molar-refractivity contribution in [3.63, 3.8) is 0 Å². The maximum Gasteiger partial charge on any atom is 0.233 e. The minimum Gasteiger partial charge on any atom is -0.378 e. The molecule has 2 aliphatic heterocycles. The van der Waals surface area contributed by atoms with Gasteiger partial charge in [-0.25, -0.2) is 0 Å². The summed E-state index contributed by atoms with van der Waals surface area (Å²) in [5, 5.41) is 10.9. The van der Waals surface area contributed by atoms with Crippen molar-refractivity contribution in [2.24, 2.45) is 5.92 Å². The molecule has 5 nitrogen and oxygen atoms in total. The summed E-state index contributed by atoms with van der Waals surface area (Å²) >= 11 is 0. The highest BCUT2D eigenvalue weighted by atomic mass is 16.6. The molecular weight excluding hydrogens is 184 g/mol. The first-order valence-electron chi connectivity index (χ1n) is 5.04. The third-order valence-electron chi connectivity index (χ3n) is 3.56. The van der Waals surface area contributed by atoms with Gasteiger partial charge in [0.2, 0.25) is 6.04 Å². The zero-order chi connectivity index (χ0) is 10.3. The van der Waals surface area contributed by atoms with Gasteiger partial charge in [0.05, 0.1) is 13.2 Å². The average Bonchev–Trinajstić information content (AvgIpc) is 2.07. The van der Waals surface area contributed by atoms with Gasteiger partial charge in [0, 0.05) is 16.9 Å². The highest BCUT2D eigenvalue weighted by Crippen LogP contribution is 2.31. The Labute approximate surface area is 83.2 Å². The Morgan fingerprint density at radius 1 is 1.50 bits per heavy atom. The summed E-state index contributed by atoms with van der Waals surface area (Å²) in [5.74, 6) is 0.167. The molecule has 0 spiro atoms. The van der Waals surface area contributed by atoms with Crippen molar-refractivity contribution in [2.45, 2.75) is 31.5 Å². The first-order chi connectivity index (χ1) is 6.61. The van der Waals surface area contributed by atoms with Crippen molar-refractivity contribution in [2.75, 3.05) is 20.3 Å². The van der Waals surface area contributed by atoms with Crippen LogP contribution in [0.1, 0.15) is 13.3 Å². The molecule has 2 bridgehead atoms. The van der Waals surface area contributed by atoms with E-state index >= 15 is 0 Å². The predicted molar refractivity (Wildman–Crippen MR) is 50.7 cm³/mol. The molecule has 0 saturated carbocycles. The van der Waals surface area contributed by atoms with Gasteiger partial charge in [0.15, 0.2) is 0 Å². The molecule has 14 heavy (non-hydrogen) atoms.